The van der Waals surface area contributed by atoms with Gasteiger partial charge in [-0.15, -0.1) is 0 Å². The smallest absolute Gasteiger partial charge is 0.416 e. The number of hydrogen-bond donors (Lipinski definition) is 1. The molecule has 1 unspecified atom stereocenters. The number of nitrogens with zero attached hydrogens (tertiary/aromatic N) is 1. The number of amides is 1. The lowest BCUT2D eigenvalue weighted by molar-refractivity contribution is -0.137. The molecule has 0 aliphatic carbocycles. The van der Waals surface area contributed by atoms with Crippen LogP contribution in [0, 0.1) is 0 Å². The number of rotatable bonds is 6. The summed E-state index contributed by atoms with van der Waals surface area (Å²) < 4.78 is 43.3. The molecule has 144 valence electrons. The van der Waals surface area contributed by atoms with E-state index < -0.39 is 11.7 Å². The molecule has 1 fully saturated rings. The van der Waals surface area contributed by atoms with Gasteiger partial charge in [0.2, 0.25) is 0 Å². The fraction of sp³-hybridized carbons (Fsp3) is 0.350. The Bertz CT molecular complexity index is 765. The maximum Gasteiger partial charge on any atom is 0.416 e. The molecule has 0 saturated carbocycles. The molecule has 3 rings (SSSR count). The van der Waals surface area contributed by atoms with E-state index in [0.29, 0.717) is 0 Å². The summed E-state index contributed by atoms with van der Waals surface area (Å²) in [6.07, 6.45) is -3.60. The van der Waals surface area contributed by atoms with Gasteiger partial charge in [0, 0.05) is 25.7 Å². The largest absolute Gasteiger partial charge is 0.484 e. The van der Waals surface area contributed by atoms with Crippen molar-refractivity contribution in [3.8, 4) is 5.75 Å². The number of benzene rings is 2. The molecule has 2 aromatic carbocycles. The molecule has 0 spiro atoms. The van der Waals surface area contributed by atoms with E-state index in [1.165, 1.54) is 17.7 Å². The molecule has 2 aromatic rings. The van der Waals surface area contributed by atoms with Gasteiger partial charge in [0.15, 0.2) is 6.61 Å². The summed E-state index contributed by atoms with van der Waals surface area (Å²) in [5, 5.41) is 2.88. The average Bonchev–Trinajstić information content (AvgIpc) is 3.07. The minimum absolute atomic E-state index is 0.0197. The zero-order valence-electron chi connectivity index (χ0n) is 14.7. The number of halogens is 3. The molecule has 1 saturated heterocycles. The Kier molecular flexibility index (Phi) is 6.01. The normalized spacial score (nSPS) is 17.7. The first-order valence-electron chi connectivity index (χ1n) is 8.76. The summed E-state index contributed by atoms with van der Waals surface area (Å²) in [4.78, 5) is 14.3. The van der Waals surface area contributed by atoms with Gasteiger partial charge in [0.25, 0.3) is 5.91 Å². The van der Waals surface area contributed by atoms with E-state index in [4.69, 9.17) is 4.74 Å². The summed E-state index contributed by atoms with van der Waals surface area (Å²) in [7, 11) is 0. The van der Waals surface area contributed by atoms with E-state index >= 15 is 0 Å². The Morgan fingerprint density at radius 1 is 1.15 bits per heavy atom. The van der Waals surface area contributed by atoms with Gasteiger partial charge in [-0.1, -0.05) is 36.4 Å². The third kappa shape index (κ3) is 5.72. The van der Waals surface area contributed by atoms with Crippen molar-refractivity contribution >= 4 is 5.91 Å². The minimum Gasteiger partial charge on any atom is -0.484 e. The molecule has 1 aliphatic rings. The van der Waals surface area contributed by atoms with Crippen LogP contribution in [-0.4, -0.2) is 36.5 Å². The molecule has 1 amide bonds. The van der Waals surface area contributed by atoms with Crippen LogP contribution in [0.3, 0.4) is 0 Å². The topological polar surface area (TPSA) is 41.6 Å². The zero-order chi connectivity index (χ0) is 19.3. The van der Waals surface area contributed by atoms with Crippen LogP contribution in [-0.2, 0) is 17.5 Å². The van der Waals surface area contributed by atoms with Crippen molar-refractivity contribution < 1.29 is 22.7 Å². The van der Waals surface area contributed by atoms with Gasteiger partial charge >= 0.3 is 6.18 Å². The van der Waals surface area contributed by atoms with Gasteiger partial charge in [-0.25, -0.2) is 0 Å². The van der Waals surface area contributed by atoms with Gasteiger partial charge in [0.1, 0.15) is 5.75 Å². The molecule has 0 bridgehead atoms. The second-order valence-electron chi connectivity index (χ2n) is 6.59. The molecule has 1 heterocycles. The molecular weight excluding hydrogens is 357 g/mol. The lowest BCUT2D eigenvalue weighted by Crippen LogP contribution is -2.39. The third-order valence-electron chi connectivity index (χ3n) is 4.42. The lowest BCUT2D eigenvalue weighted by atomic mass is 10.2. The lowest BCUT2D eigenvalue weighted by Gasteiger charge is -2.17. The van der Waals surface area contributed by atoms with Gasteiger partial charge in [0.05, 0.1) is 5.56 Å². The molecule has 27 heavy (non-hydrogen) atoms. The summed E-state index contributed by atoms with van der Waals surface area (Å²) in [6.45, 7) is 2.14. The van der Waals surface area contributed by atoms with Crippen LogP contribution in [0.15, 0.2) is 54.6 Å². The molecule has 1 N–H and O–H groups in total. The van der Waals surface area contributed by atoms with Gasteiger partial charge < -0.3 is 10.1 Å². The highest BCUT2D eigenvalue weighted by Crippen LogP contribution is 2.31. The standard InChI is InChI=1S/C20H21F3N2O2/c21-20(22,23)16-7-4-8-18(11-16)27-14-19(26)24-17-9-10-25(13-17)12-15-5-2-1-3-6-15/h1-8,11,17H,9-10,12-14H2,(H,24,26). The molecular formula is C20H21F3N2O2. The Labute approximate surface area is 155 Å². The number of ether oxygens (including phenoxy) is 1. The first kappa shape index (κ1) is 19.2. The minimum atomic E-state index is -4.44. The Hall–Kier alpha value is -2.54. The van der Waals surface area contributed by atoms with Gasteiger partial charge in [-0.05, 0) is 30.2 Å². The van der Waals surface area contributed by atoms with Crippen molar-refractivity contribution in [3.63, 3.8) is 0 Å². The van der Waals surface area contributed by atoms with Crippen molar-refractivity contribution in [3.05, 3.63) is 65.7 Å². The fourth-order valence-electron chi connectivity index (χ4n) is 3.12. The van der Waals surface area contributed by atoms with Crippen LogP contribution in [0.2, 0.25) is 0 Å². The number of likely N-dealkylation sites (tertiary alicyclic amines) is 1. The van der Waals surface area contributed by atoms with E-state index in [2.05, 4.69) is 22.3 Å². The maximum atomic E-state index is 12.7. The van der Waals surface area contributed by atoms with Crippen LogP contribution in [0.25, 0.3) is 0 Å². The molecule has 0 aromatic heterocycles. The summed E-state index contributed by atoms with van der Waals surface area (Å²) in [6, 6.07) is 14.6. The predicted molar refractivity (Wildman–Crippen MR) is 95.2 cm³/mol. The monoisotopic (exact) mass is 378 g/mol. The first-order valence-corrected chi connectivity index (χ1v) is 8.76. The summed E-state index contributed by atoms with van der Waals surface area (Å²) in [5.74, 6) is -0.309. The summed E-state index contributed by atoms with van der Waals surface area (Å²) >= 11 is 0. The fourth-order valence-corrected chi connectivity index (χ4v) is 3.12. The van der Waals surface area contributed by atoms with Crippen LogP contribution in [0.4, 0.5) is 13.2 Å². The SMILES string of the molecule is O=C(COc1cccc(C(F)(F)F)c1)NC1CCN(Cc2ccccc2)C1. The summed E-state index contributed by atoms with van der Waals surface area (Å²) in [5.41, 5.74) is 0.421. The molecule has 0 radical (unpaired) electrons. The zero-order valence-corrected chi connectivity index (χ0v) is 14.7. The Balaban J connectivity index is 1.44. The highest BCUT2D eigenvalue weighted by atomic mass is 19.4. The second kappa shape index (κ2) is 8.43. The average molecular weight is 378 g/mol. The molecule has 7 heteroatoms. The molecule has 1 atom stereocenters. The number of carbonyl (C=O) groups is 1. The Morgan fingerprint density at radius 2 is 1.93 bits per heavy atom. The highest BCUT2D eigenvalue weighted by Gasteiger charge is 2.30. The van der Waals surface area contributed by atoms with Gasteiger partial charge in [-0.3, -0.25) is 9.69 Å². The molecule has 4 nitrogen and oxygen atoms in total. The Morgan fingerprint density at radius 3 is 2.67 bits per heavy atom. The number of hydrogen-bond acceptors (Lipinski definition) is 3. The second-order valence-corrected chi connectivity index (χ2v) is 6.59. The van der Waals surface area contributed by atoms with Crippen molar-refractivity contribution in [2.75, 3.05) is 19.7 Å². The maximum absolute atomic E-state index is 12.7. The van der Waals surface area contributed by atoms with Crippen LogP contribution < -0.4 is 10.1 Å². The van der Waals surface area contributed by atoms with Crippen LogP contribution in [0.5, 0.6) is 5.75 Å². The van der Waals surface area contributed by atoms with E-state index in [9.17, 15) is 18.0 Å². The van der Waals surface area contributed by atoms with E-state index in [1.54, 1.807) is 0 Å². The first-order chi connectivity index (χ1) is 12.9. The predicted octanol–water partition coefficient (Wildman–Crippen LogP) is 3.47. The van der Waals surface area contributed by atoms with Crippen molar-refractivity contribution in [1.82, 2.24) is 10.2 Å². The van der Waals surface area contributed by atoms with Crippen molar-refractivity contribution in [1.29, 1.82) is 0 Å². The van der Waals surface area contributed by atoms with Crippen molar-refractivity contribution in [2.24, 2.45) is 0 Å². The molecule has 1 aliphatic heterocycles. The highest BCUT2D eigenvalue weighted by molar-refractivity contribution is 5.77. The quantitative estimate of drug-likeness (QED) is 0.837. The van der Waals surface area contributed by atoms with Crippen LogP contribution in [0.1, 0.15) is 17.5 Å². The third-order valence-corrected chi connectivity index (χ3v) is 4.42. The van der Waals surface area contributed by atoms with Gasteiger partial charge in [-0.2, -0.15) is 13.2 Å². The van der Waals surface area contributed by atoms with E-state index in [1.807, 2.05) is 18.2 Å². The number of alkyl halides is 3. The van der Waals surface area contributed by atoms with Crippen LogP contribution >= 0.6 is 0 Å². The number of nitrogens with one attached hydrogen (secondary N) is 1. The van der Waals surface area contributed by atoms with E-state index in [-0.39, 0.29) is 24.3 Å². The number of carbonyl (C=O) groups excluding carboxylic acids is 1. The van der Waals surface area contributed by atoms with Crippen molar-refractivity contribution in [2.45, 2.75) is 25.2 Å². The van der Waals surface area contributed by atoms with E-state index in [0.717, 1.165) is 38.2 Å².